The van der Waals surface area contributed by atoms with Gasteiger partial charge in [-0.2, -0.15) is 0 Å². The summed E-state index contributed by atoms with van der Waals surface area (Å²) in [5.41, 5.74) is 3.19. The molecule has 0 saturated heterocycles. The first-order valence-electron chi connectivity index (χ1n) is 7.63. The van der Waals surface area contributed by atoms with E-state index in [2.05, 4.69) is 13.0 Å². The normalized spacial score (nSPS) is 38.8. The minimum atomic E-state index is -0.406. The van der Waals surface area contributed by atoms with Crippen LogP contribution in [0.3, 0.4) is 0 Å². The Morgan fingerprint density at radius 3 is 2.95 bits per heavy atom. The van der Waals surface area contributed by atoms with Crippen molar-refractivity contribution in [2.75, 3.05) is 0 Å². The van der Waals surface area contributed by atoms with Crippen LogP contribution >= 0.6 is 0 Å². The summed E-state index contributed by atoms with van der Waals surface area (Å²) in [6, 6.07) is 8.07. The highest BCUT2D eigenvalue weighted by molar-refractivity contribution is 6.00. The summed E-state index contributed by atoms with van der Waals surface area (Å²) in [6.07, 6.45) is 5.41. The molecule has 0 heterocycles. The van der Waals surface area contributed by atoms with Gasteiger partial charge < -0.3 is 5.11 Å². The molecule has 0 aliphatic heterocycles. The second-order valence-electron chi connectivity index (χ2n) is 6.90. The lowest BCUT2D eigenvalue weighted by molar-refractivity contribution is -0.118. The second kappa shape index (κ2) is 4.05. The van der Waals surface area contributed by atoms with Gasteiger partial charge in [-0.15, -0.1) is 0 Å². The van der Waals surface area contributed by atoms with Crippen LogP contribution in [0.2, 0.25) is 0 Å². The molecule has 3 aliphatic rings. The SMILES string of the molecule is C[C@]12CCC[C@@H]3CC(=O)C=C(c4ccccc4[C@@H]1O)[C@H]32. The zero-order valence-electron chi connectivity index (χ0n) is 11.8. The van der Waals surface area contributed by atoms with Crippen LogP contribution in [0.5, 0.6) is 0 Å². The number of allylic oxidation sites excluding steroid dienone is 2. The van der Waals surface area contributed by atoms with E-state index in [1.54, 1.807) is 0 Å². The van der Waals surface area contributed by atoms with E-state index in [-0.39, 0.29) is 11.2 Å². The lowest BCUT2D eigenvalue weighted by Crippen LogP contribution is -2.47. The quantitative estimate of drug-likeness (QED) is 0.781. The molecule has 0 amide bonds. The van der Waals surface area contributed by atoms with E-state index >= 15 is 0 Å². The van der Waals surface area contributed by atoms with Crippen molar-refractivity contribution in [1.82, 2.24) is 0 Å². The molecule has 4 atom stereocenters. The molecule has 0 unspecified atom stereocenters. The fraction of sp³-hybridized carbons (Fsp3) is 0.500. The van der Waals surface area contributed by atoms with Gasteiger partial charge in [-0.3, -0.25) is 4.79 Å². The van der Waals surface area contributed by atoms with Gasteiger partial charge in [0.15, 0.2) is 5.78 Å². The summed E-state index contributed by atoms with van der Waals surface area (Å²) < 4.78 is 0. The standard InChI is InChI=1S/C18H20O2/c1-18-8-4-5-11-9-12(19)10-15(16(11)18)13-6-2-3-7-14(13)17(18)20/h2-3,6-7,10-11,16-17,20H,4-5,8-9H2,1H3/t11-,16+,17+,18-/m1/s1. The number of fused-ring (bicyclic) bond motifs is 2. The van der Waals surface area contributed by atoms with E-state index in [0.717, 1.165) is 30.4 Å². The molecule has 1 aromatic rings. The summed E-state index contributed by atoms with van der Waals surface area (Å²) in [5.74, 6) is 1.03. The fourth-order valence-corrected chi connectivity index (χ4v) is 4.92. The molecular formula is C18H20O2. The smallest absolute Gasteiger partial charge is 0.156 e. The van der Waals surface area contributed by atoms with Crippen molar-refractivity contribution in [3.8, 4) is 0 Å². The lowest BCUT2D eigenvalue weighted by Gasteiger charge is -2.54. The molecule has 0 bridgehead atoms. The Kier molecular flexibility index (Phi) is 2.50. The monoisotopic (exact) mass is 268 g/mol. The average molecular weight is 268 g/mol. The molecule has 1 N–H and O–H groups in total. The first-order valence-corrected chi connectivity index (χ1v) is 7.63. The van der Waals surface area contributed by atoms with Gasteiger partial charge in [-0.05, 0) is 47.5 Å². The van der Waals surface area contributed by atoms with E-state index in [1.807, 2.05) is 24.3 Å². The number of ketones is 1. The van der Waals surface area contributed by atoms with Crippen LogP contribution in [0, 0.1) is 17.3 Å². The van der Waals surface area contributed by atoms with Gasteiger partial charge in [-0.25, -0.2) is 0 Å². The van der Waals surface area contributed by atoms with Crippen LogP contribution in [-0.4, -0.2) is 10.9 Å². The van der Waals surface area contributed by atoms with Gasteiger partial charge in [0.1, 0.15) is 0 Å². The van der Waals surface area contributed by atoms with Crippen LogP contribution < -0.4 is 0 Å². The second-order valence-corrected chi connectivity index (χ2v) is 6.90. The minimum Gasteiger partial charge on any atom is -0.388 e. The molecular weight excluding hydrogens is 248 g/mol. The third-order valence-electron chi connectivity index (χ3n) is 5.78. The summed E-state index contributed by atoms with van der Waals surface area (Å²) in [6.45, 7) is 2.22. The predicted octanol–water partition coefficient (Wildman–Crippen LogP) is 3.51. The van der Waals surface area contributed by atoms with Crippen molar-refractivity contribution in [2.24, 2.45) is 17.3 Å². The van der Waals surface area contributed by atoms with E-state index in [0.29, 0.717) is 18.3 Å². The number of benzene rings is 1. The summed E-state index contributed by atoms with van der Waals surface area (Å²) >= 11 is 0. The highest BCUT2D eigenvalue weighted by atomic mass is 16.3. The molecule has 0 spiro atoms. The average Bonchev–Trinajstić information content (AvgIpc) is 2.44. The van der Waals surface area contributed by atoms with Crippen LogP contribution in [0.4, 0.5) is 0 Å². The van der Waals surface area contributed by atoms with Crippen molar-refractivity contribution in [3.05, 3.63) is 41.5 Å². The van der Waals surface area contributed by atoms with E-state index in [4.69, 9.17) is 0 Å². The molecule has 20 heavy (non-hydrogen) atoms. The molecule has 1 saturated carbocycles. The number of hydrogen-bond acceptors (Lipinski definition) is 2. The van der Waals surface area contributed by atoms with Gasteiger partial charge in [0.2, 0.25) is 0 Å². The minimum absolute atomic E-state index is 0.107. The topological polar surface area (TPSA) is 37.3 Å². The number of hydrogen-bond donors (Lipinski definition) is 1. The Morgan fingerprint density at radius 1 is 1.30 bits per heavy atom. The van der Waals surface area contributed by atoms with Crippen LogP contribution in [0.15, 0.2) is 30.3 Å². The first-order chi connectivity index (χ1) is 9.61. The zero-order chi connectivity index (χ0) is 13.9. The predicted molar refractivity (Wildman–Crippen MR) is 77.9 cm³/mol. The molecule has 2 heteroatoms. The molecule has 4 rings (SSSR count). The molecule has 2 nitrogen and oxygen atoms in total. The number of rotatable bonds is 0. The lowest BCUT2D eigenvalue weighted by atomic mass is 9.50. The zero-order valence-corrected chi connectivity index (χ0v) is 11.8. The Labute approximate surface area is 119 Å². The van der Waals surface area contributed by atoms with E-state index < -0.39 is 6.10 Å². The maximum Gasteiger partial charge on any atom is 0.156 e. The molecule has 0 aromatic heterocycles. The van der Waals surface area contributed by atoms with Gasteiger partial charge in [0.05, 0.1) is 6.10 Å². The highest BCUT2D eigenvalue weighted by Gasteiger charge is 2.53. The molecule has 1 aromatic carbocycles. The number of carbonyl (C=O) groups is 1. The fourth-order valence-electron chi connectivity index (χ4n) is 4.92. The van der Waals surface area contributed by atoms with E-state index in [1.165, 1.54) is 5.57 Å². The Balaban J connectivity index is 1.99. The van der Waals surface area contributed by atoms with Crippen molar-refractivity contribution in [1.29, 1.82) is 0 Å². The maximum atomic E-state index is 12.1. The van der Waals surface area contributed by atoms with Crippen LogP contribution in [-0.2, 0) is 4.79 Å². The van der Waals surface area contributed by atoms with Crippen molar-refractivity contribution >= 4 is 11.4 Å². The number of aliphatic hydroxyl groups excluding tert-OH is 1. The Bertz CT molecular complexity index is 616. The largest absolute Gasteiger partial charge is 0.388 e. The number of aliphatic hydroxyl groups is 1. The third-order valence-corrected chi connectivity index (χ3v) is 5.78. The summed E-state index contributed by atoms with van der Waals surface area (Å²) in [5, 5.41) is 10.9. The van der Waals surface area contributed by atoms with Crippen LogP contribution in [0.1, 0.15) is 49.8 Å². The van der Waals surface area contributed by atoms with Crippen molar-refractivity contribution in [3.63, 3.8) is 0 Å². The third kappa shape index (κ3) is 1.46. The van der Waals surface area contributed by atoms with Crippen molar-refractivity contribution < 1.29 is 9.90 Å². The van der Waals surface area contributed by atoms with Crippen LogP contribution in [0.25, 0.3) is 5.57 Å². The Hall–Kier alpha value is -1.41. The van der Waals surface area contributed by atoms with Gasteiger partial charge in [-0.1, -0.05) is 37.6 Å². The molecule has 1 fully saturated rings. The summed E-state index contributed by atoms with van der Waals surface area (Å²) in [4.78, 5) is 12.1. The molecule has 104 valence electrons. The maximum absolute atomic E-state index is 12.1. The van der Waals surface area contributed by atoms with Gasteiger partial charge in [0, 0.05) is 11.8 Å². The van der Waals surface area contributed by atoms with Crippen molar-refractivity contribution in [2.45, 2.75) is 38.7 Å². The van der Waals surface area contributed by atoms with E-state index in [9.17, 15) is 9.90 Å². The highest BCUT2D eigenvalue weighted by Crippen LogP contribution is 2.62. The molecule has 0 radical (unpaired) electrons. The number of carbonyl (C=O) groups excluding carboxylic acids is 1. The first kappa shape index (κ1) is 12.3. The Morgan fingerprint density at radius 2 is 2.10 bits per heavy atom. The molecule has 3 aliphatic carbocycles. The van der Waals surface area contributed by atoms with Gasteiger partial charge in [0.25, 0.3) is 0 Å². The summed E-state index contributed by atoms with van der Waals surface area (Å²) in [7, 11) is 0. The van der Waals surface area contributed by atoms with Gasteiger partial charge >= 0.3 is 0 Å².